The molecule has 0 aliphatic carbocycles. The van der Waals surface area contributed by atoms with Crippen LogP contribution in [0, 0.1) is 5.82 Å². The number of fused-ring (bicyclic) bond motifs is 1. The number of aliphatic hydroxyl groups excluding tert-OH is 1. The first kappa shape index (κ1) is 11.8. The van der Waals surface area contributed by atoms with Gasteiger partial charge in [-0.1, -0.05) is 6.92 Å². The second-order valence-corrected chi connectivity index (χ2v) is 4.28. The summed E-state index contributed by atoms with van der Waals surface area (Å²) in [5, 5.41) is 16.4. The number of nitrogens with one attached hydrogen (secondary N) is 1. The molecule has 0 amide bonds. The maximum atomic E-state index is 13.0. The number of hydrogen-bond acceptors (Lipinski definition) is 4. The first-order valence-corrected chi connectivity index (χ1v) is 5.47. The van der Waals surface area contributed by atoms with Crippen molar-refractivity contribution in [1.82, 2.24) is 14.6 Å². The van der Waals surface area contributed by atoms with Crippen LogP contribution < -0.4 is 5.32 Å². The Hall–Kier alpha value is -1.69. The van der Waals surface area contributed by atoms with Crippen molar-refractivity contribution in [2.75, 3.05) is 11.9 Å². The second kappa shape index (κ2) is 4.29. The third kappa shape index (κ3) is 2.36. The van der Waals surface area contributed by atoms with E-state index in [1.165, 1.54) is 16.8 Å². The van der Waals surface area contributed by atoms with Gasteiger partial charge in [0.15, 0.2) is 5.65 Å². The zero-order valence-electron chi connectivity index (χ0n) is 9.81. The highest BCUT2D eigenvalue weighted by Crippen LogP contribution is 2.15. The molecule has 0 aliphatic rings. The molecule has 0 bridgehead atoms. The average molecular weight is 238 g/mol. The molecule has 2 N–H and O–H groups in total. The van der Waals surface area contributed by atoms with E-state index >= 15 is 0 Å². The molecule has 1 atom stereocenters. The number of anilines is 1. The molecular weight excluding hydrogens is 223 g/mol. The van der Waals surface area contributed by atoms with Crippen LogP contribution in [0.15, 0.2) is 18.3 Å². The highest BCUT2D eigenvalue weighted by molar-refractivity contribution is 5.44. The molecule has 0 aromatic carbocycles. The summed E-state index contributed by atoms with van der Waals surface area (Å²) < 4.78 is 14.3. The molecule has 6 heteroatoms. The molecular formula is C11H15FN4O. The Morgan fingerprint density at radius 2 is 2.29 bits per heavy atom. The SMILES string of the molecule is CCC(C)(CO)Nc1nc2ccc(F)cn2n1. The standard InChI is InChI=1S/C11H15FN4O/c1-3-11(2,7-17)14-10-13-9-5-4-8(12)6-16(9)15-10/h4-6,17H,3,7H2,1-2H3,(H,14,15). The van der Waals surface area contributed by atoms with Crippen LogP contribution in [-0.4, -0.2) is 31.9 Å². The third-order valence-corrected chi connectivity index (χ3v) is 2.84. The van der Waals surface area contributed by atoms with Crippen LogP contribution >= 0.6 is 0 Å². The Morgan fingerprint density at radius 3 is 2.94 bits per heavy atom. The Balaban J connectivity index is 2.31. The number of halogens is 1. The van der Waals surface area contributed by atoms with E-state index in [-0.39, 0.29) is 12.4 Å². The van der Waals surface area contributed by atoms with Crippen molar-refractivity contribution in [3.05, 3.63) is 24.1 Å². The lowest BCUT2D eigenvalue weighted by molar-refractivity contribution is 0.218. The van der Waals surface area contributed by atoms with E-state index < -0.39 is 5.54 Å². The van der Waals surface area contributed by atoms with Crippen LogP contribution in [0.3, 0.4) is 0 Å². The van der Waals surface area contributed by atoms with E-state index in [0.717, 1.165) is 6.42 Å². The van der Waals surface area contributed by atoms with Crippen LogP contribution in [0.2, 0.25) is 0 Å². The maximum absolute atomic E-state index is 13.0. The van der Waals surface area contributed by atoms with E-state index in [1.54, 1.807) is 6.07 Å². The third-order valence-electron chi connectivity index (χ3n) is 2.84. The van der Waals surface area contributed by atoms with Gasteiger partial charge in [-0.25, -0.2) is 8.91 Å². The fourth-order valence-corrected chi connectivity index (χ4v) is 1.42. The normalized spacial score (nSPS) is 14.8. The minimum Gasteiger partial charge on any atom is -0.394 e. The molecule has 2 aromatic heterocycles. The number of aliphatic hydroxyl groups is 1. The fourth-order valence-electron chi connectivity index (χ4n) is 1.42. The quantitative estimate of drug-likeness (QED) is 0.846. The predicted molar refractivity (Wildman–Crippen MR) is 62.3 cm³/mol. The molecule has 2 aromatic rings. The van der Waals surface area contributed by atoms with Crippen molar-refractivity contribution < 1.29 is 9.50 Å². The zero-order chi connectivity index (χ0) is 12.5. The summed E-state index contributed by atoms with van der Waals surface area (Å²) in [6, 6.07) is 2.88. The molecule has 0 aliphatic heterocycles. The van der Waals surface area contributed by atoms with Gasteiger partial charge < -0.3 is 10.4 Å². The van der Waals surface area contributed by atoms with Crippen molar-refractivity contribution in [2.45, 2.75) is 25.8 Å². The van der Waals surface area contributed by atoms with E-state index in [9.17, 15) is 9.50 Å². The summed E-state index contributed by atoms with van der Waals surface area (Å²) in [7, 11) is 0. The molecule has 5 nitrogen and oxygen atoms in total. The molecule has 2 rings (SSSR count). The highest BCUT2D eigenvalue weighted by atomic mass is 19.1. The summed E-state index contributed by atoms with van der Waals surface area (Å²) in [5.74, 6) is 0.0170. The summed E-state index contributed by atoms with van der Waals surface area (Å²) in [4.78, 5) is 4.20. The Labute approximate surface area is 98.3 Å². The molecule has 92 valence electrons. The van der Waals surface area contributed by atoms with E-state index in [2.05, 4.69) is 15.4 Å². The maximum Gasteiger partial charge on any atom is 0.243 e. The summed E-state index contributed by atoms with van der Waals surface area (Å²) in [6.45, 7) is 3.81. The van der Waals surface area contributed by atoms with Crippen molar-refractivity contribution in [3.63, 3.8) is 0 Å². The average Bonchev–Trinajstić information content (AvgIpc) is 2.70. The van der Waals surface area contributed by atoms with Gasteiger partial charge >= 0.3 is 0 Å². The van der Waals surface area contributed by atoms with E-state index in [1.807, 2.05) is 13.8 Å². The molecule has 17 heavy (non-hydrogen) atoms. The number of pyridine rings is 1. The predicted octanol–water partition coefficient (Wildman–Crippen LogP) is 1.44. The first-order valence-electron chi connectivity index (χ1n) is 5.47. The summed E-state index contributed by atoms with van der Waals surface area (Å²) in [6.07, 6.45) is 1.99. The van der Waals surface area contributed by atoms with Crippen molar-refractivity contribution in [1.29, 1.82) is 0 Å². The lowest BCUT2D eigenvalue weighted by Gasteiger charge is -2.26. The van der Waals surface area contributed by atoms with Gasteiger partial charge in [-0.2, -0.15) is 4.98 Å². The van der Waals surface area contributed by atoms with Crippen LogP contribution in [0.4, 0.5) is 10.3 Å². The second-order valence-electron chi connectivity index (χ2n) is 4.28. The minimum atomic E-state index is -0.469. The van der Waals surface area contributed by atoms with Gasteiger partial charge in [0.25, 0.3) is 0 Å². The van der Waals surface area contributed by atoms with Crippen LogP contribution in [0.5, 0.6) is 0 Å². The van der Waals surface area contributed by atoms with Gasteiger partial charge in [-0.15, -0.1) is 5.10 Å². The number of aromatic nitrogens is 3. The van der Waals surface area contributed by atoms with E-state index in [0.29, 0.717) is 11.6 Å². The van der Waals surface area contributed by atoms with Crippen LogP contribution in [0.1, 0.15) is 20.3 Å². The lowest BCUT2D eigenvalue weighted by Crippen LogP contribution is -2.38. The smallest absolute Gasteiger partial charge is 0.243 e. The number of hydrogen-bond donors (Lipinski definition) is 2. The Morgan fingerprint density at radius 1 is 1.53 bits per heavy atom. The van der Waals surface area contributed by atoms with Gasteiger partial charge in [0.1, 0.15) is 5.82 Å². The molecule has 0 radical (unpaired) electrons. The summed E-state index contributed by atoms with van der Waals surface area (Å²) in [5.41, 5.74) is 0.0917. The number of nitrogens with zero attached hydrogens (tertiary/aromatic N) is 3. The Bertz CT molecular complexity index is 521. The van der Waals surface area contributed by atoms with Crippen LogP contribution in [-0.2, 0) is 0 Å². The van der Waals surface area contributed by atoms with Crippen LogP contribution in [0.25, 0.3) is 5.65 Å². The fraction of sp³-hybridized carbons (Fsp3) is 0.455. The van der Waals surface area contributed by atoms with Crippen molar-refractivity contribution in [2.24, 2.45) is 0 Å². The monoisotopic (exact) mass is 238 g/mol. The Kier molecular flexibility index (Phi) is 2.97. The molecule has 2 heterocycles. The molecule has 0 spiro atoms. The first-order chi connectivity index (χ1) is 8.06. The molecule has 0 saturated carbocycles. The van der Waals surface area contributed by atoms with E-state index in [4.69, 9.17) is 0 Å². The molecule has 0 saturated heterocycles. The minimum absolute atomic E-state index is 0.0204. The number of rotatable bonds is 4. The molecule has 0 fully saturated rings. The van der Waals surface area contributed by atoms with Gasteiger partial charge in [0, 0.05) is 0 Å². The summed E-state index contributed by atoms with van der Waals surface area (Å²) >= 11 is 0. The lowest BCUT2D eigenvalue weighted by atomic mass is 10.0. The zero-order valence-corrected chi connectivity index (χ0v) is 9.81. The van der Waals surface area contributed by atoms with Crippen molar-refractivity contribution >= 4 is 11.6 Å². The molecule has 1 unspecified atom stereocenters. The van der Waals surface area contributed by atoms with Gasteiger partial charge in [-0.3, -0.25) is 0 Å². The largest absolute Gasteiger partial charge is 0.394 e. The van der Waals surface area contributed by atoms with Gasteiger partial charge in [-0.05, 0) is 25.5 Å². The van der Waals surface area contributed by atoms with Gasteiger partial charge in [0.05, 0.1) is 18.3 Å². The van der Waals surface area contributed by atoms with Crippen molar-refractivity contribution in [3.8, 4) is 0 Å². The highest BCUT2D eigenvalue weighted by Gasteiger charge is 2.22. The van der Waals surface area contributed by atoms with Gasteiger partial charge in [0.2, 0.25) is 5.95 Å². The topological polar surface area (TPSA) is 62.5 Å².